The number of benzene rings is 1. The van der Waals surface area contributed by atoms with E-state index in [0.717, 1.165) is 5.69 Å². The molecule has 2 heterocycles. The smallest absolute Gasteiger partial charge is 0.380 e. The number of carbonyl (C=O) groups excluding carboxylic acids is 1. The van der Waals surface area contributed by atoms with Crippen molar-refractivity contribution in [2.45, 2.75) is 6.61 Å². The molecule has 6 nitrogen and oxygen atoms in total. The lowest BCUT2D eigenvalue weighted by atomic mass is 10.3. The molecule has 6 heteroatoms. The van der Waals surface area contributed by atoms with E-state index in [2.05, 4.69) is 5.10 Å². The largest absolute Gasteiger partial charge is 0.457 e. The molecule has 0 aliphatic rings. The molecule has 3 rings (SSSR count). The van der Waals surface area contributed by atoms with Crippen molar-refractivity contribution in [3.8, 4) is 11.6 Å². The van der Waals surface area contributed by atoms with E-state index in [1.54, 1.807) is 30.0 Å². The van der Waals surface area contributed by atoms with Crippen molar-refractivity contribution < 1.29 is 18.7 Å². The molecular weight excluding hydrogens is 284 g/mol. The minimum absolute atomic E-state index is 0.133. The lowest BCUT2D eigenvalue weighted by Crippen LogP contribution is -2.10. The highest BCUT2D eigenvalue weighted by Crippen LogP contribution is 2.21. The van der Waals surface area contributed by atoms with Gasteiger partial charge in [-0.1, -0.05) is 18.2 Å². The SMILES string of the molecule is COCc1cc(OC(=O)c2ccco2)n(-c2ccccc2)n1. The van der Waals surface area contributed by atoms with E-state index >= 15 is 0 Å². The van der Waals surface area contributed by atoms with Gasteiger partial charge in [-0.15, -0.1) is 0 Å². The molecule has 3 aromatic rings. The van der Waals surface area contributed by atoms with Gasteiger partial charge < -0.3 is 13.9 Å². The molecule has 1 aromatic carbocycles. The predicted octanol–water partition coefficient (Wildman–Crippen LogP) is 2.83. The van der Waals surface area contributed by atoms with Gasteiger partial charge in [0.15, 0.2) is 0 Å². The van der Waals surface area contributed by atoms with Crippen molar-refractivity contribution in [2.24, 2.45) is 0 Å². The summed E-state index contributed by atoms with van der Waals surface area (Å²) in [6, 6.07) is 14.2. The molecule has 2 aromatic heterocycles. The first-order valence-corrected chi connectivity index (χ1v) is 6.67. The number of furan rings is 1. The molecule has 0 saturated carbocycles. The van der Waals surface area contributed by atoms with Gasteiger partial charge in [0.1, 0.15) is 0 Å². The van der Waals surface area contributed by atoms with E-state index in [9.17, 15) is 4.79 Å². The van der Waals surface area contributed by atoms with Crippen LogP contribution in [0.25, 0.3) is 5.69 Å². The number of carbonyl (C=O) groups is 1. The number of methoxy groups -OCH3 is 1. The van der Waals surface area contributed by atoms with Gasteiger partial charge in [0.2, 0.25) is 11.6 Å². The van der Waals surface area contributed by atoms with Crippen LogP contribution in [-0.4, -0.2) is 22.9 Å². The average molecular weight is 298 g/mol. The van der Waals surface area contributed by atoms with Crippen LogP contribution in [0.5, 0.6) is 5.88 Å². The van der Waals surface area contributed by atoms with Crippen molar-refractivity contribution in [1.29, 1.82) is 0 Å². The summed E-state index contributed by atoms with van der Waals surface area (Å²) in [5, 5.41) is 4.39. The molecule has 0 bridgehead atoms. The maximum atomic E-state index is 12.0. The van der Waals surface area contributed by atoms with Crippen LogP contribution in [0.15, 0.2) is 59.2 Å². The topological polar surface area (TPSA) is 66.5 Å². The van der Waals surface area contributed by atoms with E-state index in [4.69, 9.17) is 13.9 Å². The lowest BCUT2D eigenvalue weighted by molar-refractivity contribution is 0.0689. The Morgan fingerprint density at radius 2 is 2.05 bits per heavy atom. The van der Waals surface area contributed by atoms with Gasteiger partial charge in [-0.05, 0) is 24.3 Å². The van der Waals surface area contributed by atoms with Gasteiger partial charge in [0, 0.05) is 13.2 Å². The Kier molecular flexibility index (Phi) is 4.02. The molecule has 0 amide bonds. The summed E-state index contributed by atoms with van der Waals surface area (Å²) >= 11 is 0. The standard InChI is InChI=1S/C16H14N2O4/c1-20-11-12-10-15(22-16(19)14-8-5-9-21-14)18(17-12)13-6-3-2-4-7-13/h2-10H,11H2,1H3. The maximum absolute atomic E-state index is 12.0. The summed E-state index contributed by atoms with van der Waals surface area (Å²) in [5.41, 5.74) is 1.45. The fraction of sp³-hybridized carbons (Fsp3) is 0.125. The maximum Gasteiger partial charge on any atom is 0.380 e. The lowest BCUT2D eigenvalue weighted by Gasteiger charge is -2.06. The highest BCUT2D eigenvalue weighted by Gasteiger charge is 2.17. The van der Waals surface area contributed by atoms with Crippen molar-refractivity contribution in [2.75, 3.05) is 7.11 Å². The summed E-state index contributed by atoms with van der Waals surface area (Å²) in [6.07, 6.45) is 1.42. The van der Waals surface area contributed by atoms with Gasteiger partial charge in [0.05, 0.1) is 24.3 Å². The zero-order valence-electron chi connectivity index (χ0n) is 11.9. The van der Waals surface area contributed by atoms with Crippen LogP contribution < -0.4 is 4.74 Å². The average Bonchev–Trinajstić information content (AvgIpc) is 3.18. The van der Waals surface area contributed by atoms with E-state index in [0.29, 0.717) is 18.2 Å². The molecule has 0 aliphatic carbocycles. The number of nitrogens with zero attached hydrogens (tertiary/aromatic N) is 2. The number of ether oxygens (including phenoxy) is 2. The first-order chi connectivity index (χ1) is 10.8. The van der Waals surface area contributed by atoms with Gasteiger partial charge in [-0.3, -0.25) is 0 Å². The molecule has 0 radical (unpaired) electrons. The second kappa shape index (κ2) is 6.28. The summed E-state index contributed by atoms with van der Waals surface area (Å²) < 4.78 is 17.0. The monoisotopic (exact) mass is 298 g/mol. The van der Waals surface area contributed by atoms with Gasteiger partial charge in [0.25, 0.3) is 0 Å². The highest BCUT2D eigenvalue weighted by molar-refractivity contribution is 5.87. The van der Waals surface area contributed by atoms with Crippen molar-refractivity contribution in [1.82, 2.24) is 9.78 Å². The molecule has 22 heavy (non-hydrogen) atoms. The zero-order valence-corrected chi connectivity index (χ0v) is 11.9. The van der Waals surface area contributed by atoms with Crippen molar-refractivity contribution >= 4 is 5.97 Å². The molecule has 0 spiro atoms. The number of hydrogen-bond donors (Lipinski definition) is 0. The fourth-order valence-electron chi connectivity index (χ4n) is 2.00. The molecular formula is C16H14N2O4. The Hall–Kier alpha value is -2.86. The van der Waals surface area contributed by atoms with Crippen LogP contribution in [0.4, 0.5) is 0 Å². The third-order valence-electron chi connectivity index (χ3n) is 2.94. The Bertz CT molecular complexity index is 748. The van der Waals surface area contributed by atoms with Gasteiger partial charge in [-0.25, -0.2) is 9.48 Å². The third kappa shape index (κ3) is 2.91. The Morgan fingerprint density at radius 1 is 1.23 bits per heavy atom. The molecule has 0 fully saturated rings. The number of aromatic nitrogens is 2. The summed E-state index contributed by atoms with van der Waals surface area (Å²) in [7, 11) is 1.58. The van der Waals surface area contributed by atoms with Crippen LogP contribution in [0.2, 0.25) is 0 Å². The molecule has 0 aliphatic heterocycles. The number of esters is 1. The van der Waals surface area contributed by atoms with E-state index in [-0.39, 0.29) is 5.76 Å². The van der Waals surface area contributed by atoms with Crippen LogP contribution in [-0.2, 0) is 11.3 Å². The first kappa shape index (κ1) is 14.1. The number of rotatable bonds is 5. The molecule has 0 atom stereocenters. The predicted molar refractivity (Wildman–Crippen MR) is 77.9 cm³/mol. The molecule has 112 valence electrons. The third-order valence-corrected chi connectivity index (χ3v) is 2.94. The minimum atomic E-state index is -0.578. The van der Waals surface area contributed by atoms with E-state index in [1.165, 1.54) is 6.26 Å². The normalized spacial score (nSPS) is 10.6. The van der Waals surface area contributed by atoms with Crippen LogP contribution in [0.1, 0.15) is 16.2 Å². The first-order valence-electron chi connectivity index (χ1n) is 6.67. The Labute approximate surface area is 126 Å². The second-order valence-electron chi connectivity index (χ2n) is 4.52. The van der Waals surface area contributed by atoms with E-state index in [1.807, 2.05) is 30.3 Å². The zero-order chi connectivity index (χ0) is 15.4. The van der Waals surface area contributed by atoms with Gasteiger partial charge in [-0.2, -0.15) is 5.10 Å². The summed E-state index contributed by atoms with van der Waals surface area (Å²) in [4.78, 5) is 12.0. The van der Waals surface area contributed by atoms with Crippen LogP contribution in [0.3, 0.4) is 0 Å². The Morgan fingerprint density at radius 3 is 2.73 bits per heavy atom. The second-order valence-corrected chi connectivity index (χ2v) is 4.52. The van der Waals surface area contributed by atoms with E-state index < -0.39 is 5.97 Å². The molecule has 0 N–H and O–H groups in total. The minimum Gasteiger partial charge on any atom is -0.457 e. The number of hydrogen-bond acceptors (Lipinski definition) is 5. The summed E-state index contributed by atoms with van der Waals surface area (Å²) in [6.45, 7) is 0.325. The number of para-hydroxylation sites is 1. The van der Waals surface area contributed by atoms with Crippen molar-refractivity contribution in [3.05, 3.63) is 66.2 Å². The van der Waals surface area contributed by atoms with Crippen LogP contribution >= 0.6 is 0 Å². The fourth-order valence-corrected chi connectivity index (χ4v) is 2.00. The molecule has 0 saturated heterocycles. The Balaban J connectivity index is 1.93. The summed E-state index contributed by atoms with van der Waals surface area (Å²) in [5.74, 6) is -0.139. The van der Waals surface area contributed by atoms with Crippen molar-refractivity contribution in [3.63, 3.8) is 0 Å². The molecule has 0 unspecified atom stereocenters. The quantitative estimate of drug-likeness (QED) is 0.678. The van der Waals surface area contributed by atoms with Gasteiger partial charge >= 0.3 is 5.97 Å². The van der Waals surface area contributed by atoms with Crippen LogP contribution in [0, 0.1) is 0 Å². The highest BCUT2D eigenvalue weighted by atomic mass is 16.6.